The molecule has 98 valence electrons. The lowest BCUT2D eigenvalue weighted by Crippen LogP contribution is -2.27. The number of unbranched alkanes of at least 4 members (excludes halogenated alkanes) is 4. The van der Waals surface area contributed by atoms with Gasteiger partial charge in [0.05, 0.1) is 5.92 Å². The molecular formula is C14H23ClO2. The van der Waals surface area contributed by atoms with Crippen LogP contribution in [0.1, 0.15) is 64.2 Å². The van der Waals surface area contributed by atoms with Gasteiger partial charge in [0.1, 0.15) is 11.6 Å². The van der Waals surface area contributed by atoms with Crippen LogP contribution in [-0.2, 0) is 9.59 Å². The van der Waals surface area contributed by atoms with Crippen LogP contribution in [0.25, 0.3) is 0 Å². The number of hydrogen-bond acceptors (Lipinski definition) is 2. The summed E-state index contributed by atoms with van der Waals surface area (Å²) in [5.74, 6) is 0.845. The molecule has 0 bridgehead atoms. The van der Waals surface area contributed by atoms with Crippen LogP contribution in [0.2, 0.25) is 0 Å². The third-order valence-electron chi connectivity index (χ3n) is 3.50. The van der Waals surface area contributed by atoms with Crippen molar-refractivity contribution in [2.24, 2.45) is 5.92 Å². The molecule has 3 heteroatoms. The maximum atomic E-state index is 11.9. The minimum absolute atomic E-state index is 0.184. The van der Waals surface area contributed by atoms with Crippen LogP contribution in [0.3, 0.4) is 0 Å². The van der Waals surface area contributed by atoms with Gasteiger partial charge in [0.15, 0.2) is 0 Å². The smallest absolute Gasteiger partial charge is 0.143 e. The molecule has 17 heavy (non-hydrogen) atoms. The molecule has 0 amide bonds. The zero-order chi connectivity index (χ0) is 12.5. The molecule has 2 nitrogen and oxygen atoms in total. The Morgan fingerprint density at radius 2 is 1.82 bits per heavy atom. The zero-order valence-electron chi connectivity index (χ0n) is 10.5. The summed E-state index contributed by atoms with van der Waals surface area (Å²) in [6.45, 7) is 0. The van der Waals surface area contributed by atoms with Gasteiger partial charge in [-0.1, -0.05) is 25.7 Å². The molecule has 1 aliphatic rings. The van der Waals surface area contributed by atoms with Gasteiger partial charge < -0.3 is 0 Å². The first-order chi connectivity index (χ1) is 8.25. The molecular weight excluding hydrogens is 236 g/mol. The SMILES string of the molecule is O=C(CCCCCCCCl)C1CCCCC1=O. The predicted octanol–water partition coefficient (Wildman–Crippen LogP) is 3.89. The van der Waals surface area contributed by atoms with Gasteiger partial charge in [-0.3, -0.25) is 9.59 Å². The second-order valence-corrected chi connectivity index (χ2v) is 5.32. The monoisotopic (exact) mass is 258 g/mol. The van der Waals surface area contributed by atoms with Gasteiger partial charge in [-0.15, -0.1) is 11.6 Å². The number of ketones is 2. The number of carbonyl (C=O) groups is 2. The fraction of sp³-hybridized carbons (Fsp3) is 0.857. The molecule has 0 aliphatic heterocycles. The zero-order valence-corrected chi connectivity index (χ0v) is 11.3. The average molecular weight is 259 g/mol. The molecule has 0 aromatic carbocycles. The third kappa shape index (κ3) is 5.67. The second-order valence-electron chi connectivity index (χ2n) is 4.94. The molecule has 1 rings (SSSR count). The highest BCUT2D eigenvalue weighted by atomic mass is 35.5. The highest BCUT2D eigenvalue weighted by Gasteiger charge is 2.27. The van der Waals surface area contributed by atoms with E-state index in [9.17, 15) is 9.59 Å². The highest BCUT2D eigenvalue weighted by molar-refractivity contribution is 6.17. The number of carbonyl (C=O) groups excluding carboxylic acids is 2. The Morgan fingerprint density at radius 3 is 2.53 bits per heavy atom. The molecule has 0 aromatic rings. The Bertz CT molecular complexity index is 251. The normalized spacial score (nSPS) is 20.5. The fourth-order valence-corrected chi connectivity index (χ4v) is 2.61. The van der Waals surface area contributed by atoms with E-state index in [0.29, 0.717) is 12.8 Å². The van der Waals surface area contributed by atoms with Crippen molar-refractivity contribution in [2.45, 2.75) is 64.2 Å². The lowest BCUT2D eigenvalue weighted by molar-refractivity contribution is -0.134. The number of halogens is 1. The van der Waals surface area contributed by atoms with Crippen molar-refractivity contribution in [1.82, 2.24) is 0 Å². The number of hydrogen-bond donors (Lipinski definition) is 0. The summed E-state index contributed by atoms with van der Waals surface area (Å²) in [6, 6.07) is 0. The molecule has 0 aromatic heterocycles. The van der Waals surface area contributed by atoms with Crippen LogP contribution in [0.15, 0.2) is 0 Å². The molecule has 1 saturated carbocycles. The molecule has 0 saturated heterocycles. The maximum Gasteiger partial charge on any atom is 0.143 e. The van der Waals surface area contributed by atoms with Gasteiger partial charge in [0.25, 0.3) is 0 Å². The summed E-state index contributed by atoms with van der Waals surface area (Å²) < 4.78 is 0. The second kappa shape index (κ2) is 8.68. The molecule has 1 atom stereocenters. The van der Waals surface area contributed by atoms with Gasteiger partial charge in [-0.05, 0) is 25.7 Å². The molecule has 1 fully saturated rings. The van der Waals surface area contributed by atoms with E-state index in [2.05, 4.69) is 0 Å². The van der Waals surface area contributed by atoms with Crippen LogP contribution in [-0.4, -0.2) is 17.4 Å². The average Bonchev–Trinajstić information content (AvgIpc) is 2.34. The molecule has 0 heterocycles. The van der Waals surface area contributed by atoms with E-state index in [4.69, 9.17) is 11.6 Å². The summed E-state index contributed by atoms with van der Waals surface area (Å²) in [4.78, 5) is 23.4. The largest absolute Gasteiger partial charge is 0.299 e. The van der Waals surface area contributed by atoms with Gasteiger partial charge >= 0.3 is 0 Å². The summed E-state index contributed by atoms with van der Waals surface area (Å²) in [6.07, 6.45) is 9.41. The first-order valence-electron chi connectivity index (χ1n) is 6.87. The van der Waals surface area contributed by atoms with Crippen LogP contribution >= 0.6 is 11.6 Å². The van der Waals surface area contributed by atoms with Crippen LogP contribution in [0.4, 0.5) is 0 Å². The minimum Gasteiger partial charge on any atom is -0.299 e. The Kier molecular flexibility index (Phi) is 7.50. The molecule has 1 aliphatic carbocycles. The van der Waals surface area contributed by atoms with Crippen molar-refractivity contribution >= 4 is 23.2 Å². The Labute approximate surface area is 109 Å². The van der Waals surface area contributed by atoms with E-state index in [-0.39, 0.29) is 17.5 Å². The van der Waals surface area contributed by atoms with Crippen LogP contribution < -0.4 is 0 Å². The first kappa shape index (κ1) is 14.7. The van der Waals surface area contributed by atoms with E-state index in [1.807, 2.05) is 0 Å². The Morgan fingerprint density at radius 1 is 1.12 bits per heavy atom. The first-order valence-corrected chi connectivity index (χ1v) is 7.40. The van der Waals surface area contributed by atoms with E-state index in [1.165, 1.54) is 0 Å². The Balaban J connectivity index is 2.09. The molecule has 0 N–H and O–H groups in total. The number of alkyl halides is 1. The lowest BCUT2D eigenvalue weighted by atomic mass is 9.83. The topological polar surface area (TPSA) is 34.1 Å². The van der Waals surface area contributed by atoms with Crippen LogP contribution in [0.5, 0.6) is 0 Å². The quantitative estimate of drug-likeness (QED) is 0.376. The number of rotatable bonds is 8. The highest BCUT2D eigenvalue weighted by Crippen LogP contribution is 2.23. The third-order valence-corrected chi connectivity index (χ3v) is 3.77. The lowest BCUT2D eigenvalue weighted by Gasteiger charge is -2.18. The molecule has 0 radical (unpaired) electrons. The van der Waals surface area contributed by atoms with E-state index < -0.39 is 0 Å². The van der Waals surface area contributed by atoms with Gasteiger partial charge in [-0.25, -0.2) is 0 Å². The van der Waals surface area contributed by atoms with E-state index >= 15 is 0 Å². The number of Topliss-reactive ketones (excluding diaryl/α,β-unsaturated/α-hetero) is 2. The van der Waals surface area contributed by atoms with Crippen LogP contribution in [0, 0.1) is 5.92 Å². The maximum absolute atomic E-state index is 11.9. The fourth-order valence-electron chi connectivity index (χ4n) is 2.42. The summed E-state index contributed by atoms with van der Waals surface area (Å²) in [7, 11) is 0. The van der Waals surface area contributed by atoms with Crippen molar-refractivity contribution in [3.05, 3.63) is 0 Å². The van der Waals surface area contributed by atoms with Crippen molar-refractivity contribution in [3.63, 3.8) is 0 Å². The summed E-state index contributed by atoms with van der Waals surface area (Å²) in [5, 5.41) is 0. The van der Waals surface area contributed by atoms with E-state index in [1.54, 1.807) is 0 Å². The van der Waals surface area contributed by atoms with Gasteiger partial charge in [0.2, 0.25) is 0 Å². The van der Waals surface area contributed by atoms with Gasteiger partial charge in [-0.2, -0.15) is 0 Å². The van der Waals surface area contributed by atoms with Gasteiger partial charge in [0, 0.05) is 18.7 Å². The summed E-state index contributed by atoms with van der Waals surface area (Å²) in [5.41, 5.74) is 0. The van der Waals surface area contributed by atoms with Crippen molar-refractivity contribution in [2.75, 3.05) is 5.88 Å². The van der Waals surface area contributed by atoms with E-state index in [0.717, 1.165) is 57.2 Å². The Hall–Kier alpha value is -0.370. The van der Waals surface area contributed by atoms with Crippen molar-refractivity contribution in [1.29, 1.82) is 0 Å². The molecule has 1 unspecified atom stereocenters. The standard InChI is InChI=1S/C14H23ClO2/c15-11-7-3-1-2-4-9-13(16)12-8-5-6-10-14(12)17/h12H,1-11H2. The van der Waals surface area contributed by atoms with Crippen molar-refractivity contribution in [3.8, 4) is 0 Å². The predicted molar refractivity (Wildman–Crippen MR) is 70.4 cm³/mol. The molecule has 0 spiro atoms. The minimum atomic E-state index is -0.258. The summed E-state index contributed by atoms with van der Waals surface area (Å²) >= 11 is 5.59. The van der Waals surface area contributed by atoms with Crippen molar-refractivity contribution < 1.29 is 9.59 Å².